The number of benzene rings is 1. The molecule has 0 aromatic heterocycles. The van der Waals surface area contributed by atoms with Crippen LogP contribution in [-0.2, 0) is 11.3 Å². The van der Waals surface area contributed by atoms with Crippen molar-refractivity contribution in [3.05, 3.63) is 29.8 Å². The summed E-state index contributed by atoms with van der Waals surface area (Å²) in [5, 5.41) is 6.39. The second-order valence-electron chi connectivity index (χ2n) is 5.69. The molecule has 1 aliphatic carbocycles. The first-order valence-electron chi connectivity index (χ1n) is 7.20. The lowest BCUT2D eigenvalue weighted by Gasteiger charge is -2.12. The van der Waals surface area contributed by atoms with Gasteiger partial charge in [-0.3, -0.25) is 4.79 Å². The Morgan fingerprint density at radius 1 is 1.37 bits per heavy atom. The van der Waals surface area contributed by atoms with E-state index in [1.165, 1.54) is 0 Å². The molecular formula is C16H24N2O. The summed E-state index contributed by atoms with van der Waals surface area (Å²) in [7, 11) is 0. The molecular weight excluding hydrogens is 236 g/mol. The number of amides is 1. The Labute approximate surface area is 115 Å². The van der Waals surface area contributed by atoms with E-state index in [-0.39, 0.29) is 17.2 Å². The van der Waals surface area contributed by atoms with Crippen LogP contribution in [0.15, 0.2) is 24.3 Å². The lowest BCUT2D eigenvalue weighted by Crippen LogP contribution is -2.20. The van der Waals surface area contributed by atoms with E-state index in [1.807, 2.05) is 18.2 Å². The number of carbonyl (C=O) groups excluding carboxylic acids is 1. The molecule has 1 saturated carbocycles. The predicted octanol–water partition coefficient (Wildman–Crippen LogP) is 3.17. The third kappa shape index (κ3) is 3.16. The van der Waals surface area contributed by atoms with Crippen molar-refractivity contribution in [3.8, 4) is 0 Å². The summed E-state index contributed by atoms with van der Waals surface area (Å²) in [6.07, 6.45) is 2.09. The molecule has 2 atom stereocenters. The van der Waals surface area contributed by atoms with Crippen molar-refractivity contribution in [1.29, 1.82) is 0 Å². The highest BCUT2D eigenvalue weighted by Crippen LogP contribution is 2.55. The van der Waals surface area contributed by atoms with Crippen LogP contribution < -0.4 is 10.6 Å². The molecule has 2 rings (SSSR count). The van der Waals surface area contributed by atoms with Crippen molar-refractivity contribution in [1.82, 2.24) is 5.32 Å². The first-order chi connectivity index (χ1) is 9.10. The fourth-order valence-corrected chi connectivity index (χ4v) is 2.48. The fraction of sp³-hybridized carbons (Fsp3) is 0.562. The van der Waals surface area contributed by atoms with Crippen molar-refractivity contribution in [2.45, 2.75) is 40.2 Å². The van der Waals surface area contributed by atoms with Gasteiger partial charge < -0.3 is 10.6 Å². The summed E-state index contributed by atoms with van der Waals surface area (Å²) >= 11 is 0. The highest BCUT2D eigenvalue weighted by atomic mass is 16.2. The molecule has 1 aliphatic rings. The Hall–Kier alpha value is -1.35. The Bertz CT molecular complexity index is 458. The Kier molecular flexibility index (Phi) is 4.25. The van der Waals surface area contributed by atoms with E-state index < -0.39 is 0 Å². The molecule has 1 amide bonds. The molecule has 104 valence electrons. The molecule has 2 N–H and O–H groups in total. The third-order valence-electron chi connectivity index (χ3n) is 4.32. The quantitative estimate of drug-likeness (QED) is 0.825. The molecule has 19 heavy (non-hydrogen) atoms. The van der Waals surface area contributed by atoms with E-state index in [4.69, 9.17) is 0 Å². The van der Waals surface area contributed by atoms with Crippen LogP contribution in [0.3, 0.4) is 0 Å². The highest BCUT2D eigenvalue weighted by molar-refractivity contribution is 5.95. The van der Waals surface area contributed by atoms with Crippen LogP contribution >= 0.6 is 0 Å². The standard InChI is InChI=1S/C16H24N2O/c1-4-16(3)10-13(16)15(19)18-14-9-7-6-8-12(14)11-17-5-2/h6-9,13,17H,4-5,10-11H2,1-3H3,(H,18,19). The van der Waals surface area contributed by atoms with Crippen LogP contribution in [0.25, 0.3) is 0 Å². The van der Waals surface area contributed by atoms with Gasteiger partial charge in [-0.25, -0.2) is 0 Å². The number of para-hydroxylation sites is 1. The summed E-state index contributed by atoms with van der Waals surface area (Å²) in [4.78, 5) is 12.2. The van der Waals surface area contributed by atoms with Gasteiger partial charge >= 0.3 is 0 Å². The van der Waals surface area contributed by atoms with Crippen molar-refractivity contribution in [2.24, 2.45) is 11.3 Å². The maximum Gasteiger partial charge on any atom is 0.228 e. The molecule has 0 aliphatic heterocycles. The SMILES string of the molecule is CCNCc1ccccc1NC(=O)C1CC1(C)CC. The number of anilines is 1. The van der Waals surface area contributed by atoms with Crippen LogP contribution in [-0.4, -0.2) is 12.5 Å². The lowest BCUT2D eigenvalue weighted by molar-refractivity contribution is -0.118. The lowest BCUT2D eigenvalue weighted by atomic mass is 10.0. The van der Waals surface area contributed by atoms with Gasteiger partial charge in [0.05, 0.1) is 0 Å². The molecule has 0 saturated heterocycles. The van der Waals surface area contributed by atoms with Crippen molar-refractivity contribution in [3.63, 3.8) is 0 Å². The van der Waals surface area contributed by atoms with Crippen LogP contribution in [0.1, 0.15) is 39.2 Å². The van der Waals surface area contributed by atoms with E-state index in [0.717, 1.165) is 37.2 Å². The van der Waals surface area contributed by atoms with Gasteiger partial charge in [0.2, 0.25) is 5.91 Å². The van der Waals surface area contributed by atoms with Crippen molar-refractivity contribution < 1.29 is 4.79 Å². The largest absolute Gasteiger partial charge is 0.326 e. The van der Waals surface area contributed by atoms with E-state index in [0.29, 0.717) is 0 Å². The van der Waals surface area contributed by atoms with Crippen molar-refractivity contribution >= 4 is 11.6 Å². The molecule has 1 fully saturated rings. The van der Waals surface area contributed by atoms with E-state index in [9.17, 15) is 4.79 Å². The normalized spacial score (nSPS) is 25.1. The minimum Gasteiger partial charge on any atom is -0.326 e. The molecule has 3 nitrogen and oxygen atoms in total. The van der Waals surface area contributed by atoms with E-state index in [1.54, 1.807) is 0 Å². The molecule has 0 radical (unpaired) electrons. The van der Waals surface area contributed by atoms with Gasteiger partial charge in [0.25, 0.3) is 0 Å². The molecule has 3 heteroatoms. The van der Waals surface area contributed by atoms with Crippen LogP contribution in [0.4, 0.5) is 5.69 Å². The second kappa shape index (κ2) is 5.74. The summed E-state index contributed by atoms with van der Waals surface area (Å²) in [5.74, 6) is 0.359. The van der Waals surface area contributed by atoms with Gasteiger partial charge in [-0.2, -0.15) is 0 Å². The maximum atomic E-state index is 12.2. The molecule has 0 heterocycles. The number of carbonyl (C=O) groups is 1. The number of hydrogen-bond donors (Lipinski definition) is 2. The monoisotopic (exact) mass is 260 g/mol. The number of rotatable bonds is 6. The smallest absolute Gasteiger partial charge is 0.228 e. The molecule has 2 unspecified atom stereocenters. The summed E-state index contributed by atoms with van der Waals surface area (Å²) in [5.41, 5.74) is 2.32. The summed E-state index contributed by atoms with van der Waals surface area (Å²) < 4.78 is 0. The minimum absolute atomic E-state index is 0.174. The van der Waals surface area contributed by atoms with E-state index >= 15 is 0 Å². The van der Waals surface area contributed by atoms with Gasteiger partial charge in [0.15, 0.2) is 0 Å². The molecule has 0 spiro atoms. The molecule has 1 aromatic carbocycles. The average Bonchev–Trinajstić information content (AvgIpc) is 3.11. The zero-order chi connectivity index (χ0) is 13.9. The fourth-order valence-electron chi connectivity index (χ4n) is 2.48. The predicted molar refractivity (Wildman–Crippen MR) is 79.0 cm³/mol. The van der Waals surface area contributed by atoms with E-state index in [2.05, 4.69) is 37.5 Å². The van der Waals surface area contributed by atoms with Gasteiger partial charge in [-0.1, -0.05) is 39.0 Å². The average molecular weight is 260 g/mol. The van der Waals surface area contributed by atoms with Crippen LogP contribution in [0.2, 0.25) is 0 Å². The molecule has 0 bridgehead atoms. The summed E-state index contributed by atoms with van der Waals surface area (Å²) in [6.45, 7) is 8.16. The van der Waals surface area contributed by atoms with Crippen LogP contribution in [0, 0.1) is 11.3 Å². The number of nitrogens with one attached hydrogen (secondary N) is 2. The minimum atomic E-state index is 0.174. The first kappa shape index (κ1) is 14.1. The maximum absolute atomic E-state index is 12.2. The highest BCUT2D eigenvalue weighted by Gasteiger charge is 2.52. The number of hydrogen-bond acceptors (Lipinski definition) is 2. The zero-order valence-electron chi connectivity index (χ0n) is 12.1. The first-order valence-corrected chi connectivity index (χ1v) is 7.20. The van der Waals surface area contributed by atoms with Gasteiger partial charge in [0.1, 0.15) is 0 Å². The summed E-state index contributed by atoms with van der Waals surface area (Å²) in [6, 6.07) is 8.02. The van der Waals surface area contributed by atoms with Crippen molar-refractivity contribution in [2.75, 3.05) is 11.9 Å². The topological polar surface area (TPSA) is 41.1 Å². The Morgan fingerprint density at radius 3 is 2.74 bits per heavy atom. The Balaban J connectivity index is 2.01. The zero-order valence-corrected chi connectivity index (χ0v) is 12.1. The third-order valence-corrected chi connectivity index (χ3v) is 4.32. The van der Waals surface area contributed by atoms with Gasteiger partial charge in [0, 0.05) is 18.2 Å². The van der Waals surface area contributed by atoms with Gasteiger partial charge in [-0.15, -0.1) is 0 Å². The second-order valence-corrected chi connectivity index (χ2v) is 5.69. The Morgan fingerprint density at radius 2 is 2.11 bits per heavy atom. The van der Waals surface area contributed by atoms with Crippen LogP contribution in [0.5, 0.6) is 0 Å². The van der Waals surface area contributed by atoms with Gasteiger partial charge in [-0.05, 0) is 36.4 Å². The molecule has 1 aromatic rings.